The summed E-state index contributed by atoms with van der Waals surface area (Å²) in [6, 6.07) is 35.0. The molecule has 0 fully saturated rings. The maximum atomic E-state index is 12.7. The summed E-state index contributed by atoms with van der Waals surface area (Å²) in [5, 5.41) is 21.5. The lowest BCUT2D eigenvalue weighted by molar-refractivity contribution is 0.0951. The lowest BCUT2D eigenvalue weighted by Gasteiger charge is -2.12. The van der Waals surface area contributed by atoms with Crippen LogP contribution in [0.1, 0.15) is 21.5 Å². The van der Waals surface area contributed by atoms with Gasteiger partial charge in [-0.15, -0.1) is 0 Å². The van der Waals surface area contributed by atoms with Gasteiger partial charge in [-0.3, -0.25) is 4.79 Å². The van der Waals surface area contributed by atoms with E-state index < -0.39 is 0 Å². The van der Waals surface area contributed by atoms with Crippen molar-refractivity contribution in [2.45, 2.75) is 19.9 Å². The number of nitrogens with zero attached hydrogens (tertiary/aromatic N) is 3. The van der Waals surface area contributed by atoms with E-state index in [0.29, 0.717) is 29.9 Å². The van der Waals surface area contributed by atoms with Gasteiger partial charge in [-0.2, -0.15) is 9.61 Å². The predicted octanol–water partition coefficient (Wildman–Crippen LogP) is 5.42. The molecule has 2 aromatic heterocycles. The highest BCUT2D eigenvalue weighted by atomic mass is 16.3. The summed E-state index contributed by atoms with van der Waals surface area (Å²) < 4.78 is 1.80. The van der Waals surface area contributed by atoms with Crippen LogP contribution in [0.15, 0.2) is 115 Å². The van der Waals surface area contributed by atoms with Crippen molar-refractivity contribution in [2.75, 3.05) is 5.32 Å². The van der Waals surface area contributed by atoms with Crippen molar-refractivity contribution in [1.82, 2.24) is 19.9 Å². The van der Waals surface area contributed by atoms with Crippen molar-refractivity contribution in [3.8, 4) is 28.1 Å². The van der Waals surface area contributed by atoms with Crippen molar-refractivity contribution in [1.29, 1.82) is 0 Å². The number of anilines is 1. The Hall–Kier alpha value is -5.37. The van der Waals surface area contributed by atoms with Gasteiger partial charge in [0.25, 0.3) is 5.91 Å². The second-order valence-electron chi connectivity index (χ2n) is 10.1. The number of aromatic nitrogens is 3. The molecule has 42 heavy (non-hydrogen) atoms. The van der Waals surface area contributed by atoms with Gasteiger partial charge >= 0.3 is 0 Å². The average Bonchev–Trinajstić information content (AvgIpc) is 3.47. The maximum absolute atomic E-state index is 12.7. The number of phenolic OH excluding ortho intramolecular Hbond substituents is 1. The van der Waals surface area contributed by atoms with E-state index in [-0.39, 0.29) is 11.7 Å². The van der Waals surface area contributed by atoms with Gasteiger partial charge in [0.15, 0.2) is 12.9 Å². The molecule has 2 heterocycles. The first-order chi connectivity index (χ1) is 20.6. The van der Waals surface area contributed by atoms with Crippen LogP contribution in [0.25, 0.3) is 28.0 Å². The van der Waals surface area contributed by atoms with Gasteiger partial charge in [0.2, 0.25) is 0 Å². The Kier molecular flexibility index (Phi) is 7.68. The molecule has 0 saturated carbocycles. The van der Waals surface area contributed by atoms with Crippen LogP contribution in [0.2, 0.25) is 6.82 Å². The average molecular weight is 551 g/mol. The third-order valence-corrected chi connectivity index (χ3v) is 7.31. The molecule has 0 spiro atoms. The first-order valence-electron chi connectivity index (χ1n) is 14.0. The number of phenols is 1. The largest absolute Gasteiger partial charge is 0.507 e. The normalized spacial score (nSPS) is 10.9. The van der Waals surface area contributed by atoms with Crippen molar-refractivity contribution in [3.05, 3.63) is 132 Å². The van der Waals surface area contributed by atoms with E-state index in [4.69, 9.17) is 4.98 Å². The predicted molar refractivity (Wildman–Crippen MR) is 170 cm³/mol. The number of amides is 1. The van der Waals surface area contributed by atoms with Crippen LogP contribution in [0.4, 0.5) is 5.82 Å². The van der Waals surface area contributed by atoms with Crippen LogP contribution in [0.3, 0.4) is 0 Å². The number of carbonyl (C=O) groups excluding carboxylic acids is 1. The monoisotopic (exact) mass is 551 g/mol. The minimum absolute atomic E-state index is 0.104. The fourth-order valence-corrected chi connectivity index (χ4v) is 4.91. The Morgan fingerprint density at radius 2 is 1.50 bits per heavy atom. The summed E-state index contributed by atoms with van der Waals surface area (Å²) in [5.74, 6) is 0.866. The summed E-state index contributed by atoms with van der Waals surface area (Å²) in [7, 11) is 0.803. The lowest BCUT2D eigenvalue weighted by atomic mass is 9.75. The van der Waals surface area contributed by atoms with E-state index in [9.17, 15) is 9.90 Å². The molecule has 206 valence electrons. The van der Waals surface area contributed by atoms with Gasteiger partial charge < -0.3 is 15.7 Å². The van der Waals surface area contributed by atoms with Gasteiger partial charge in [0, 0.05) is 36.5 Å². The molecule has 0 unspecified atom stereocenters. The third kappa shape index (κ3) is 5.74. The molecule has 0 aliphatic carbocycles. The van der Waals surface area contributed by atoms with Crippen LogP contribution in [-0.2, 0) is 13.1 Å². The molecule has 8 heteroatoms. The Morgan fingerprint density at radius 1 is 0.833 bits per heavy atom. The summed E-state index contributed by atoms with van der Waals surface area (Å²) in [6.45, 7) is 3.08. The lowest BCUT2D eigenvalue weighted by Crippen LogP contribution is -2.22. The number of para-hydroxylation sites is 1. The van der Waals surface area contributed by atoms with Gasteiger partial charge in [-0.1, -0.05) is 85.7 Å². The number of hydrogen-bond acceptors (Lipinski definition) is 5. The fourth-order valence-electron chi connectivity index (χ4n) is 4.91. The molecule has 0 bridgehead atoms. The van der Waals surface area contributed by atoms with E-state index >= 15 is 0 Å². The molecule has 1 amide bonds. The number of fused-ring (bicyclic) bond motifs is 1. The summed E-state index contributed by atoms with van der Waals surface area (Å²) >= 11 is 0. The number of carbonyl (C=O) groups is 1. The van der Waals surface area contributed by atoms with Crippen LogP contribution < -0.4 is 16.1 Å². The minimum Gasteiger partial charge on any atom is -0.507 e. The molecule has 7 nitrogen and oxygen atoms in total. The second kappa shape index (κ2) is 12.0. The standard InChI is InChI=1S/C34H30BN5O2/c1-35-29-22-38-40-32(19-30(39-33(29)40)28-9-5-6-10-31(28)41)36-20-23-11-13-24(14-12-23)21-37-34(42)27-17-15-26(16-18-27)25-7-3-2-4-8-25/h2-19,22,35-36,41H,20-21H2,1H3,(H,37,42). The molecule has 0 radical (unpaired) electrons. The van der Waals surface area contributed by atoms with Gasteiger partial charge in [0.1, 0.15) is 11.6 Å². The molecule has 0 saturated heterocycles. The molecule has 0 aliphatic rings. The van der Waals surface area contributed by atoms with E-state index in [2.05, 4.69) is 34.7 Å². The highest BCUT2D eigenvalue weighted by molar-refractivity contribution is 6.54. The Balaban J connectivity index is 1.11. The van der Waals surface area contributed by atoms with E-state index in [1.54, 1.807) is 16.6 Å². The zero-order valence-corrected chi connectivity index (χ0v) is 23.3. The Bertz CT molecular complexity index is 1840. The molecule has 6 aromatic rings. The summed E-state index contributed by atoms with van der Waals surface area (Å²) in [6.07, 6.45) is 1.84. The van der Waals surface area contributed by atoms with Gasteiger partial charge in [-0.05, 0) is 52.0 Å². The molecule has 3 N–H and O–H groups in total. The topological polar surface area (TPSA) is 91.5 Å². The smallest absolute Gasteiger partial charge is 0.251 e. The first kappa shape index (κ1) is 26.8. The van der Waals surface area contributed by atoms with Crippen LogP contribution >= 0.6 is 0 Å². The maximum Gasteiger partial charge on any atom is 0.251 e. The quantitative estimate of drug-likeness (QED) is 0.209. The van der Waals surface area contributed by atoms with Gasteiger partial charge in [0.05, 0.1) is 5.69 Å². The second-order valence-corrected chi connectivity index (χ2v) is 10.1. The van der Waals surface area contributed by atoms with E-state index in [1.165, 1.54) is 0 Å². The molecule has 6 rings (SSSR count). The van der Waals surface area contributed by atoms with Crippen molar-refractivity contribution in [3.63, 3.8) is 0 Å². The van der Waals surface area contributed by atoms with Crippen LogP contribution in [0.5, 0.6) is 5.75 Å². The van der Waals surface area contributed by atoms with Crippen LogP contribution in [0, 0.1) is 0 Å². The van der Waals surface area contributed by atoms with E-state index in [1.807, 2.05) is 91.1 Å². The number of benzene rings is 4. The summed E-state index contributed by atoms with van der Waals surface area (Å²) in [5.41, 5.74) is 8.08. The van der Waals surface area contributed by atoms with Crippen molar-refractivity contribution >= 4 is 30.1 Å². The van der Waals surface area contributed by atoms with Gasteiger partial charge in [-0.25, -0.2) is 4.98 Å². The Labute approximate surface area is 245 Å². The molecular formula is C34H30BN5O2. The third-order valence-electron chi connectivity index (χ3n) is 7.31. The Morgan fingerprint density at radius 3 is 2.21 bits per heavy atom. The minimum atomic E-state index is -0.104. The first-order valence-corrected chi connectivity index (χ1v) is 14.0. The number of hydrogen-bond donors (Lipinski definition) is 3. The fraction of sp³-hybridized carbons (Fsp3) is 0.0882. The summed E-state index contributed by atoms with van der Waals surface area (Å²) in [4.78, 5) is 17.5. The van der Waals surface area contributed by atoms with E-state index in [0.717, 1.165) is 46.5 Å². The number of nitrogens with one attached hydrogen (secondary N) is 2. The molecular weight excluding hydrogens is 521 g/mol. The molecule has 0 aliphatic heterocycles. The van der Waals surface area contributed by atoms with Crippen molar-refractivity contribution in [2.24, 2.45) is 0 Å². The molecule has 0 atom stereocenters. The highest BCUT2D eigenvalue weighted by Gasteiger charge is 2.14. The zero-order valence-electron chi connectivity index (χ0n) is 23.3. The number of rotatable bonds is 9. The highest BCUT2D eigenvalue weighted by Crippen LogP contribution is 2.29. The number of aromatic hydroxyl groups is 1. The zero-order chi connectivity index (χ0) is 28.9. The van der Waals surface area contributed by atoms with Crippen molar-refractivity contribution < 1.29 is 9.90 Å². The van der Waals surface area contributed by atoms with Crippen LogP contribution in [-0.4, -0.2) is 32.9 Å². The molecule has 4 aromatic carbocycles. The SMILES string of the molecule is CBc1cnn2c(NCc3ccc(CNC(=O)c4ccc(-c5ccccc5)cc4)cc3)cc(-c3ccccc3O)nc12.